The van der Waals surface area contributed by atoms with Crippen LogP contribution in [0.5, 0.6) is 5.75 Å². The first-order chi connectivity index (χ1) is 12.6. The van der Waals surface area contributed by atoms with E-state index in [1.165, 1.54) is 11.6 Å². The van der Waals surface area contributed by atoms with Gasteiger partial charge in [0.2, 0.25) is 5.91 Å². The minimum atomic E-state index is -0.407. The van der Waals surface area contributed by atoms with Crippen LogP contribution in [0.3, 0.4) is 0 Å². The third-order valence-electron chi connectivity index (χ3n) is 4.45. The molecule has 0 spiro atoms. The lowest BCUT2D eigenvalue weighted by Crippen LogP contribution is -2.48. The van der Waals surface area contributed by atoms with E-state index in [0.717, 1.165) is 24.7 Å². The molecule has 0 atom stereocenters. The summed E-state index contributed by atoms with van der Waals surface area (Å²) in [6.07, 6.45) is 0.255. The van der Waals surface area contributed by atoms with E-state index in [4.69, 9.17) is 16.3 Å². The number of carbonyl (C=O) groups is 1. The minimum absolute atomic E-state index is 0.0486. The van der Waals surface area contributed by atoms with E-state index >= 15 is 0 Å². The first kappa shape index (κ1) is 18.7. The fraction of sp³-hybridized carbons (Fsp3) is 0.350. The SMILES string of the molecule is O=C(CCOc1ccccc1F)N1CCN(Cc2ccc(Cl)cc2)CC1. The highest BCUT2D eigenvalue weighted by Crippen LogP contribution is 2.16. The maximum absolute atomic E-state index is 13.5. The molecule has 2 aromatic rings. The Morgan fingerprint density at radius 1 is 1.04 bits per heavy atom. The van der Waals surface area contributed by atoms with Crippen molar-refractivity contribution in [2.24, 2.45) is 0 Å². The Hall–Kier alpha value is -2.11. The maximum atomic E-state index is 13.5. The zero-order valence-electron chi connectivity index (χ0n) is 14.5. The van der Waals surface area contributed by atoms with E-state index in [9.17, 15) is 9.18 Å². The number of amides is 1. The number of halogens is 2. The van der Waals surface area contributed by atoms with Crippen LogP contribution in [-0.4, -0.2) is 48.5 Å². The second-order valence-corrected chi connectivity index (χ2v) is 6.75. The summed E-state index contributed by atoms with van der Waals surface area (Å²) in [5.74, 6) is -0.170. The van der Waals surface area contributed by atoms with Crippen molar-refractivity contribution in [1.82, 2.24) is 9.80 Å². The van der Waals surface area contributed by atoms with Crippen molar-refractivity contribution < 1.29 is 13.9 Å². The first-order valence-electron chi connectivity index (χ1n) is 8.74. The van der Waals surface area contributed by atoms with E-state index in [-0.39, 0.29) is 24.7 Å². The van der Waals surface area contributed by atoms with Gasteiger partial charge in [-0.05, 0) is 29.8 Å². The Labute approximate surface area is 158 Å². The molecule has 0 bridgehead atoms. The third-order valence-corrected chi connectivity index (χ3v) is 4.71. The Morgan fingerprint density at radius 2 is 1.73 bits per heavy atom. The van der Waals surface area contributed by atoms with Gasteiger partial charge in [0.05, 0.1) is 13.0 Å². The van der Waals surface area contributed by atoms with Crippen molar-refractivity contribution in [1.29, 1.82) is 0 Å². The molecule has 1 amide bonds. The topological polar surface area (TPSA) is 32.8 Å². The van der Waals surface area contributed by atoms with Crippen molar-refractivity contribution in [3.63, 3.8) is 0 Å². The number of para-hydroxylation sites is 1. The number of rotatable bonds is 6. The number of nitrogens with zero attached hydrogens (tertiary/aromatic N) is 2. The van der Waals surface area contributed by atoms with Crippen molar-refractivity contribution in [3.8, 4) is 5.75 Å². The van der Waals surface area contributed by atoms with Crippen LogP contribution in [0, 0.1) is 5.82 Å². The molecular weight excluding hydrogens is 355 g/mol. The third kappa shape index (κ3) is 5.19. The molecule has 4 nitrogen and oxygen atoms in total. The number of hydrogen-bond acceptors (Lipinski definition) is 3. The van der Waals surface area contributed by atoms with Crippen LogP contribution < -0.4 is 4.74 Å². The molecule has 0 saturated carbocycles. The quantitative estimate of drug-likeness (QED) is 0.772. The molecule has 0 radical (unpaired) electrons. The second kappa shape index (κ2) is 9.01. The summed E-state index contributed by atoms with van der Waals surface area (Å²) in [6, 6.07) is 14.1. The average Bonchev–Trinajstić information content (AvgIpc) is 2.66. The summed E-state index contributed by atoms with van der Waals surface area (Å²) < 4.78 is 18.8. The van der Waals surface area contributed by atoms with Gasteiger partial charge in [0.15, 0.2) is 11.6 Å². The van der Waals surface area contributed by atoms with E-state index in [1.807, 2.05) is 29.2 Å². The number of ether oxygens (including phenoxy) is 1. The van der Waals surface area contributed by atoms with Crippen LogP contribution in [-0.2, 0) is 11.3 Å². The van der Waals surface area contributed by atoms with Gasteiger partial charge in [-0.25, -0.2) is 4.39 Å². The standard InChI is InChI=1S/C20H22ClFN2O2/c21-17-7-5-16(6-8-17)15-23-10-12-24(13-11-23)20(25)9-14-26-19-4-2-1-3-18(19)22/h1-8H,9-15H2. The van der Waals surface area contributed by atoms with Crippen LogP contribution in [0.1, 0.15) is 12.0 Å². The molecule has 1 saturated heterocycles. The normalized spacial score (nSPS) is 15.1. The summed E-state index contributed by atoms with van der Waals surface area (Å²) in [5.41, 5.74) is 1.22. The first-order valence-corrected chi connectivity index (χ1v) is 9.11. The zero-order valence-corrected chi connectivity index (χ0v) is 15.3. The summed E-state index contributed by atoms with van der Waals surface area (Å²) in [7, 11) is 0. The number of piperazine rings is 1. The lowest BCUT2D eigenvalue weighted by molar-refractivity contribution is -0.133. The number of carbonyl (C=O) groups excluding carboxylic acids is 1. The molecule has 0 N–H and O–H groups in total. The van der Waals surface area contributed by atoms with Gasteiger partial charge in [-0.15, -0.1) is 0 Å². The molecule has 0 aliphatic carbocycles. The van der Waals surface area contributed by atoms with Crippen molar-refractivity contribution >= 4 is 17.5 Å². The van der Waals surface area contributed by atoms with Gasteiger partial charge in [0, 0.05) is 37.7 Å². The van der Waals surface area contributed by atoms with Crippen molar-refractivity contribution in [2.45, 2.75) is 13.0 Å². The van der Waals surface area contributed by atoms with E-state index in [0.29, 0.717) is 13.1 Å². The number of hydrogen-bond donors (Lipinski definition) is 0. The molecular formula is C20H22ClFN2O2. The van der Waals surface area contributed by atoms with Crippen LogP contribution in [0.2, 0.25) is 5.02 Å². The molecule has 2 aromatic carbocycles. The van der Waals surface area contributed by atoms with Crippen molar-refractivity contribution in [2.75, 3.05) is 32.8 Å². The van der Waals surface area contributed by atoms with Crippen LogP contribution >= 0.6 is 11.6 Å². The van der Waals surface area contributed by atoms with E-state index < -0.39 is 5.82 Å². The summed E-state index contributed by atoms with van der Waals surface area (Å²) in [4.78, 5) is 16.5. The minimum Gasteiger partial charge on any atom is -0.490 e. The Kier molecular flexibility index (Phi) is 6.47. The molecule has 0 aromatic heterocycles. The Bertz CT molecular complexity index is 731. The lowest BCUT2D eigenvalue weighted by atomic mass is 10.2. The zero-order chi connectivity index (χ0) is 18.4. The summed E-state index contributed by atoms with van der Waals surface area (Å²) >= 11 is 5.91. The lowest BCUT2D eigenvalue weighted by Gasteiger charge is -2.34. The summed E-state index contributed by atoms with van der Waals surface area (Å²) in [5, 5.41) is 0.738. The molecule has 1 fully saturated rings. The fourth-order valence-corrected chi connectivity index (χ4v) is 3.10. The highest BCUT2D eigenvalue weighted by atomic mass is 35.5. The van der Waals surface area contributed by atoms with Crippen LogP contribution in [0.4, 0.5) is 4.39 Å². The molecule has 1 aliphatic rings. The summed E-state index contributed by atoms with van der Waals surface area (Å²) in [6.45, 7) is 4.11. The molecule has 26 heavy (non-hydrogen) atoms. The Balaban J connectivity index is 1.39. The van der Waals surface area contributed by atoms with Crippen molar-refractivity contribution in [3.05, 3.63) is 64.9 Å². The molecule has 6 heteroatoms. The predicted octanol–water partition coefficient (Wildman–Crippen LogP) is 3.59. The maximum Gasteiger partial charge on any atom is 0.226 e. The van der Waals surface area contributed by atoms with Crippen LogP contribution in [0.25, 0.3) is 0 Å². The second-order valence-electron chi connectivity index (χ2n) is 6.31. The number of benzene rings is 2. The van der Waals surface area contributed by atoms with E-state index in [1.54, 1.807) is 18.2 Å². The molecule has 1 heterocycles. The smallest absolute Gasteiger partial charge is 0.226 e. The average molecular weight is 377 g/mol. The molecule has 3 rings (SSSR count). The molecule has 138 valence electrons. The molecule has 0 unspecified atom stereocenters. The highest BCUT2D eigenvalue weighted by Gasteiger charge is 2.21. The van der Waals surface area contributed by atoms with Crippen LogP contribution in [0.15, 0.2) is 48.5 Å². The fourth-order valence-electron chi connectivity index (χ4n) is 2.97. The van der Waals surface area contributed by atoms with Gasteiger partial charge in [-0.2, -0.15) is 0 Å². The van der Waals surface area contributed by atoms with Gasteiger partial charge >= 0.3 is 0 Å². The largest absolute Gasteiger partial charge is 0.490 e. The molecule has 1 aliphatic heterocycles. The van der Waals surface area contributed by atoms with Gasteiger partial charge in [-0.3, -0.25) is 9.69 Å². The highest BCUT2D eigenvalue weighted by molar-refractivity contribution is 6.30. The van der Waals surface area contributed by atoms with Gasteiger partial charge < -0.3 is 9.64 Å². The monoisotopic (exact) mass is 376 g/mol. The van der Waals surface area contributed by atoms with Gasteiger partial charge in [0.1, 0.15) is 0 Å². The van der Waals surface area contributed by atoms with E-state index in [2.05, 4.69) is 4.90 Å². The van der Waals surface area contributed by atoms with Gasteiger partial charge in [-0.1, -0.05) is 35.9 Å². The van der Waals surface area contributed by atoms with Gasteiger partial charge in [0.25, 0.3) is 0 Å². The Morgan fingerprint density at radius 3 is 2.42 bits per heavy atom. The predicted molar refractivity (Wildman–Crippen MR) is 99.8 cm³/mol.